The van der Waals surface area contributed by atoms with Gasteiger partial charge in [0, 0.05) is 26.1 Å². The molecule has 1 saturated heterocycles. The lowest BCUT2D eigenvalue weighted by atomic mass is 9.75. The van der Waals surface area contributed by atoms with Crippen LogP contribution in [0.2, 0.25) is 0 Å². The zero-order valence-corrected chi connectivity index (χ0v) is 15.2. The number of hydrogen-bond donors (Lipinski definition) is 0. The molecule has 0 aromatic heterocycles. The van der Waals surface area contributed by atoms with Gasteiger partial charge < -0.3 is 4.90 Å². The van der Waals surface area contributed by atoms with Crippen LogP contribution in [0.15, 0.2) is 24.3 Å². The number of hydrogen-bond acceptors (Lipinski definition) is 3. The molecule has 1 aromatic carbocycles. The predicted molar refractivity (Wildman–Crippen MR) is 97.7 cm³/mol. The molecule has 2 aliphatic heterocycles. The zero-order valence-electron chi connectivity index (χ0n) is 15.2. The van der Waals surface area contributed by atoms with Crippen LogP contribution in [-0.4, -0.2) is 47.2 Å². The maximum Gasteiger partial charge on any atom is 0.261 e. The third kappa shape index (κ3) is 3.15. The summed E-state index contributed by atoms with van der Waals surface area (Å²) in [7, 11) is 0. The van der Waals surface area contributed by atoms with Crippen LogP contribution >= 0.6 is 0 Å². The highest BCUT2D eigenvalue weighted by Crippen LogP contribution is 2.36. The van der Waals surface area contributed by atoms with Gasteiger partial charge in [-0.3, -0.25) is 19.3 Å². The van der Waals surface area contributed by atoms with Gasteiger partial charge in [-0.05, 0) is 43.2 Å². The first-order chi connectivity index (χ1) is 12.6. The Bertz CT molecular complexity index is 695. The number of likely N-dealkylation sites (tertiary alicyclic amines) is 1. The van der Waals surface area contributed by atoms with Crippen LogP contribution in [0.25, 0.3) is 0 Å². The molecule has 1 saturated carbocycles. The first-order valence-electron chi connectivity index (χ1n) is 9.88. The van der Waals surface area contributed by atoms with Crippen LogP contribution in [0.1, 0.15) is 65.7 Å². The van der Waals surface area contributed by atoms with Crippen LogP contribution < -0.4 is 0 Å². The minimum Gasteiger partial charge on any atom is -0.342 e. The summed E-state index contributed by atoms with van der Waals surface area (Å²) in [5.41, 5.74) is 0.950. The van der Waals surface area contributed by atoms with Crippen molar-refractivity contribution < 1.29 is 14.4 Å². The lowest BCUT2D eigenvalue weighted by Crippen LogP contribution is -2.44. The SMILES string of the molecule is O=C(CCCN1C(=O)c2ccccc2C1=O)N1CCC2CCCCC2C1. The van der Waals surface area contributed by atoms with Gasteiger partial charge in [-0.15, -0.1) is 0 Å². The summed E-state index contributed by atoms with van der Waals surface area (Å²) in [6, 6.07) is 6.92. The van der Waals surface area contributed by atoms with Crippen molar-refractivity contribution in [1.82, 2.24) is 9.80 Å². The van der Waals surface area contributed by atoms with E-state index in [1.165, 1.54) is 30.6 Å². The highest BCUT2D eigenvalue weighted by atomic mass is 16.2. The zero-order chi connectivity index (χ0) is 18.1. The van der Waals surface area contributed by atoms with E-state index in [0.29, 0.717) is 36.4 Å². The molecule has 3 amide bonds. The van der Waals surface area contributed by atoms with E-state index < -0.39 is 0 Å². The van der Waals surface area contributed by atoms with Crippen molar-refractivity contribution in [1.29, 1.82) is 0 Å². The number of carbonyl (C=O) groups is 3. The van der Waals surface area contributed by atoms with Crippen LogP contribution in [0.3, 0.4) is 0 Å². The summed E-state index contributed by atoms with van der Waals surface area (Å²) in [6.45, 7) is 2.08. The summed E-state index contributed by atoms with van der Waals surface area (Å²) < 4.78 is 0. The number of benzene rings is 1. The van der Waals surface area contributed by atoms with Gasteiger partial charge in [-0.2, -0.15) is 0 Å². The van der Waals surface area contributed by atoms with Gasteiger partial charge in [0.1, 0.15) is 0 Å². The number of imide groups is 1. The van der Waals surface area contributed by atoms with Crippen LogP contribution in [0, 0.1) is 11.8 Å². The fourth-order valence-electron chi connectivity index (χ4n) is 4.82. The molecule has 0 spiro atoms. The lowest BCUT2D eigenvalue weighted by Gasteiger charge is -2.41. The second-order valence-corrected chi connectivity index (χ2v) is 7.84. The Hall–Kier alpha value is -2.17. The van der Waals surface area contributed by atoms with E-state index in [4.69, 9.17) is 0 Å². The molecule has 138 valence electrons. The molecule has 0 bridgehead atoms. The van der Waals surface area contributed by atoms with Gasteiger partial charge in [-0.1, -0.05) is 31.4 Å². The van der Waals surface area contributed by atoms with Gasteiger partial charge >= 0.3 is 0 Å². The van der Waals surface area contributed by atoms with E-state index in [1.54, 1.807) is 24.3 Å². The van der Waals surface area contributed by atoms with Gasteiger partial charge in [0.25, 0.3) is 11.8 Å². The second-order valence-electron chi connectivity index (χ2n) is 7.84. The third-order valence-electron chi connectivity index (χ3n) is 6.29. The van der Waals surface area contributed by atoms with E-state index in [1.807, 2.05) is 4.90 Å². The molecule has 2 unspecified atom stereocenters. The highest BCUT2D eigenvalue weighted by molar-refractivity contribution is 6.21. The average molecular weight is 354 g/mol. The fourth-order valence-corrected chi connectivity index (χ4v) is 4.82. The monoisotopic (exact) mass is 354 g/mol. The number of piperidine rings is 1. The molecule has 1 aliphatic carbocycles. The summed E-state index contributed by atoms with van der Waals surface area (Å²) in [6.07, 6.45) is 7.29. The van der Waals surface area contributed by atoms with Gasteiger partial charge in [0.2, 0.25) is 5.91 Å². The van der Waals surface area contributed by atoms with E-state index in [0.717, 1.165) is 25.4 Å². The molecule has 0 N–H and O–H groups in total. The lowest BCUT2D eigenvalue weighted by molar-refractivity contribution is -0.134. The normalized spacial score (nSPS) is 25.2. The van der Waals surface area contributed by atoms with Crippen molar-refractivity contribution in [3.05, 3.63) is 35.4 Å². The fraction of sp³-hybridized carbons (Fsp3) is 0.571. The topological polar surface area (TPSA) is 57.7 Å². The number of nitrogens with zero attached hydrogens (tertiary/aromatic N) is 2. The van der Waals surface area contributed by atoms with Crippen molar-refractivity contribution in [3.8, 4) is 0 Å². The number of amides is 3. The molecular weight excluding hydrogens is 328 g/mol. The first kappa shape index (κ1) is 17.3. The second kappa shape index (κ2) is 7.22. The molecule has 5 nitrogen and oxygen atoms in total. The van der Waals surface area contributed by atoms with E-state index in [-0.39, 0.29) is 17.7 Å². The maximum atomic E-state index is 12.6. The first-order valence-corrected chi connectivity index (χ1v) is 9.88. The molecule has 2 heterocycles. The number of carbonyl (C=O) groups excluding carboxylic acids is 3. The van der Waals surface area contributed by atoms with E-state index in [2.05, 4.69) is 0 Å². The maximum absolute atomic E-state index is 12.6. The van der Waals surface area contributed by atoms with Crippen LogP contribution in [0.4, 0.5) is 0 Å². The summed E-state index contributed by atoms with van der Waals surface area (Å²) >= 11 is 0. The van der Waals surface area contributed by atoms with E-state index in [9.17, 15) is 14.4 Å². The molecule has 26 heavy (non-hydrogen) atoms. The van der Waals surface area contributed by atoms with Crippen molar-refractivity contribution in [2.45, 2.75) is 44.9 Å². The van der Waals surface area contributed by atoms with Crippen molar-refractivity contribution in [3.63, 3.8) is 0 Å². The standard InChI is InChI=1S/C21H26N2O3/c24-19(22-13-11-15-6-1-2-7-16(15)14-22)10-5-12-23-20(25)17-8-3-4-9-18(17)21(23)26/h3-4,8-9,15-16H,1-2,5-7,10-14H2. The Labute approximate surface area is 154 Å². The van der Waals surface area contributed by atoms with Crippen LogP contribution in [0.5, 0.6) is 0 Å². The molecular formula is C21H26N2O3. The molecule has 3 aliphatic rings. The number of rotatable bonds is 4. The molecule has 0 radical (unpaired) electrons. The van der Waals surface area contributed by atoms with Crippen molar-refractivity contribution >= 4 is 17.7 Å². The molecule has 2 fully saturated rings. The highest BCUT2D eigenvalue weighted by Gasteiger charge is 2.35. The minimum atomic E-state index is -0.235. The predicted octanol–water partition coefficient (Wildman–Crippen LogP) is 3.10. The summed E-state index contributed by atoms with van der Waals surface area (Å²) in [5.74, 6) is 1.19. The number of fused-ring (bicyclic) bond motifs is 2. The van der Waals surface area contributed by atoms with Crippen molar-refractivity contribution in [2.75, 3.05) is 19.6 Å². The Morgan fingerprint density at radius 1 is 0.962 bits per heavy atom. The average Bonchev–Trinajstić information content (AvgIpc) is 2.92. The Balaban J connectivity index is 1.28. The Kier molecular flexibility index (Phi) is 4.79. The van der Waals surface area contributed by atoms with Crippen molar-refractivity contribution in [2.24, 2.45) is 11.8 Å². The Morgan fingerprint density at radius 3 is 2.31 bits per heavy atom. The molecule has 5 heteroatoms. The van der Waals surface area contributed by atoms with Gasteiger partial charge in [-0.25, -0.2) is 0 Å². The third-order valence-corrected chi connectivity index (χ3v) is 6.29. The largest absolute Gasteiger partial charge is 0.342 e. The molecule has 4 rings (SSSR count). The van der Waals surface area contributed by atoms with Gasteiger partial charge in [0.05, 0.1) is 11.1 Å². The van der Waals surface area contributed by atoms with Gasteiger partial charge in [0.15, 0.2) is 0 Å². The molecule has 1 aromatic rings. The summed E-state index contributed by atoms with van der Waals surface area (Å²) in [4.78, 5) is 40.6. The smallest absolute Gasteiger partial charge is 0.261 e. The van der Waals surface area contributed by atoms with E-state index >= 15 is 0 Å². The quantitative estimate of drug-likeness (QED) is 0.781. The van der Waals surface area contributed by atoms with Crippen LogP contribution in [-0.2, 0) is 4.79 Å². The molecule has 2 atom stereocenters. The minimum absolute atomic E-state index is 0.172. The summed E-state index contributed by atoms with van der Waals surface area (Å²) in [5, 5.41) is 0. The Morgan fingerprint density at radius 2 is 1.62 bits per heavy atom.